The van der Waals surface area contributed by atoms with Crippen LogP contribution in [0, 0.1) is 0 Å². The maximum atomic E-state index is 4.71. The molecular weight excluding hydrogens is 200 g/mol. The van der Waals surface area contributed by atoms with Crippen LogP contribution in [0.3, 0.4) is 0 Å². The number of hydrogen-bond donors (Lipinski definition) is 1. The van der Waals surface area contributed by atoms with Crippen LogP contribution in [-0.2, 0) is 13.0 Å². The van der Waals surface area contributed by atoms with Crippen molar-refractivity contribution >= 4 is 5.82 Å². The molecule has 1 aromatic heterocycles. The second kappa shape index (κ2) is 3.70. The molecule has 4 nitrogen and oxygen atoms in total. The van der Waals surface area contributed by atoms with Gasteiger partial charge in [0, 0.05) is 37.7 Å². The highest BCUT2D eigenvalue weighted by Gasteiger charge is 2.29. The van der Waals surface area contributed by atoms with Crippen molar-refractivity contribution in [2.75, 3.05) is 18.0 Å². The summed E-state index contributed by atoms with van der Waals surface area (Å²) in [6, 6.07) is 0.400. The molecule has 1 N–H and O–H groups in total. The number of anilines is 1. The van der Waals surface area contributed by atoms with Crippen LogP contribution in [0.5, 0.6) is 0 Å². The fraction of sp³-hybridized carbons (Fsp3) is 0.667. The molecule has 0 bridgehead atoms. The Morgan fingerprint density at radius 2 is 2.19 bits per heavy atom. The number of nitrogens with one attached hydrogen (secondary N) is 1. The summed E-state index contributed by atoms with van der Waals surface area (Å²) in [5.41, 5.74) is 2.54. The van der Waals surface area contributed by atoms with Crippen LogP contribution < -0.4 is 10.2 Å². The molecule has 1 aromatic rings. The van der Waals surface area contributed by atoms with Crippen LogP contribution in [0.15, 0.2) is 0 Å². The highest BCUT2D eigenvalue weighted by atomic mass is 15.2. The first-order valence-electron chi connectivity index (χ1n) is 6.17. The number of nitrogens with zero attached hydrogens (tertiary/aromatic N) is 3. The summed E-state index contributed by atoms with van der Waals surface area (Å²) in [6.07, 6.45) is 2.21. The fourth-order valence-electron chi connectivity index (χ4n) is 2.41. The molecule has 4 heteroatoms. The van der Waals surface area contributed by atoms with Crippen molar-refractivity contribution in [1.82, 2.24) is 15.3 Å². The van der Waals surface area contributed by atoms with Gasteiger partial charge in [-0.3, -0.25) is 0 Å². The van der Waals surface area contributed by atoms with Gasteiger partial charge >= 0.3 is 0 Å². The lowest BCUT2D eigenvalue weighted by molar-refractivity contribution is 0.591. The monoisotopic (exact) mass is 218 g/mol. The van der Waals surface area contributed by atoms with Crippen LogP contribution >= 0.6 is 0 Å². The Hall–Kier alpha value is -1.16. The van der Waals surface area contributed by atoms with Crippen molar-refractivity contribution in [1.29, 1.82) is 0 Å². The van der Waals surface area contributed by atoms with Gasteiger partial charge in [0.15, 0.2) is 0 Å². The molecule has 16 heavy (non-hydrogen) atoms. The van der Waals surface area contributed by atoms with Gasteiger partial charge in [0.1, 0.15) is 11.6 Å². The van der Waals surface area contributed by atoms with E-state index in [1.165, 1.54) is 23.5 Å². The Bertz CT molecular complexity index is 412. The van der Waals surface area contributed by atoms with Crippen molar-refractivity contribution in [3.05, 3.63) is 17.1 Å². The third-order valence-corrected chi connectivity index (χ3v) is 3.53. The van der Waals surface area contributed by atoms with Crippen molar-refractivity contribution in [2.24, 2.45) is 0 Å². The standard InChI is InChI=1S/C12H18N4/c1-3-10-14-9-7-13-8(2)11(9)12(15-10)16-5-4-6-16/h8,13H,3-7H2,1-2H3. The summed E-state index contributed by atoms with van der Waals surface area (Å²) in [5, 5.41) is 3.45. The van der Waals surface area contributed by atoms with E-state index in [9.17, 15) is 0 Å². The summed E-state index contributed by atoms with van der Waals surface area (Å²) >= 11 is 0. The largest absolute Gasteiger partial charge is 0.356 e. The summed E-state index contributed by atoms with van der Waals surface area (Å²) < 4.78 is 0. The van der Waals surface area contributed by atoms with E-state index in [1.54, 1.807) is 0 Å². The van der Waals surface area contributed by atoms with Gasteiger partial charge in [0.2, 0.25) is 0 Å². The van der Waals surface area contributed by atoms with Crippen molar-refractivity contribution < 1.29 is 0 Å². The summed E-state index contributed by atoms with van der Waals surface area (Å²) in [5.74, 6) is 2.17. The predicted molar refractivity (Wildman–Crippen MR) is 63.5 cm³/mol. The normalized spacial score (nSPS) is 23.1. The molecule has 1 atom stereocenters. The second-order valence-corrected chi connectivity index (χ2v) is 4.62. The molecule has 86 valence electrons. The topological polar surface area (TPSA) is 41.1 Å². The molecule has 0 aromatic carbocycles. The zero-order valence-corrected chi connectivity index (χ0v) is 9.95. The van der Waals surface area contributed by atoms with E-state index in [4.69, 9.17) is 4.98 Å². The molecule has 0 radical (unpaired) electrons. The second-order valence-electron chi connectivity index (χ2n) is 4.62. The molecule has 2 aliphatic rings. The van der Waals surface area contributed by atoms with E-state index < -0.39 is 0 Å². The van der Waals surface area contributed by atoms with Gasteiger partial charge in [0.25, 0.3) is 0 Å². The predicted octanol–water partition coefficient (Wildman–Crippen LogP) is 1.41. The number of aryl methyl sites for hydroxylation is 1. The average Bonchev–Trinajstić information content (AvgIpc) is 2.58. The highest BCUT2D eigenvalue weighted by Crippen LogP contribution is 2.33. The Balaban J connectivity index is 2.09. The van der Waals surface area contributed by atoms with E-state index in [2.05, 4.69) is 29.0 Å². The lowest BCUT2D eigenvalue weighted by atomic mass is 10.1. The lowest BCUT2D eigenvalue weighted by Crippen LogP contribution is -2.39. The van der Waals surface area contributed by atoms with Gasteiger partial charge in [-0.25, -0.2) is 9.97 Å². The zero-order chi connectivity index (χ0) is 11.1. The Kier molecular flexibility index (Phi) is 2.32. The van der Waals surface area contributed by atoms with Crippen LogP contribution in [0.2, 0.25) is 0 Å². The lowest BCUT2D eigenvalue weighted by Gasteiger charge is -2.34. The van der Waals surface area contributed by atoms with Gasteiger partial charge in [-0.2, -0.15) is 0 Å². The van der Waals surface area contributed by atoms with E-state index in [-0.39, 0.29) is 0 Å². The van der Waals surface area contributed by atoms with E-state index in [1.807, 2.05) is 0 Å². The third kappa shape index (κ3) is 1.40. The molecule has 1 fully saturated rings. The minimum Gasteiger partial charge on any atom is -0.356 e. The maximum absolute atomic E-state index is 4.71. The molecule has 0 saturated carbocycles. The van der Waals surface area contributed by atoms with E-state index in [0.717, 1.165) is 31.9 Å². The van der Waals surface area contributed by atoms with Crippen LogP contribution in [0.1, 0.15) is 43.4 Å². The van der Waals surface area contributed by atoms with Gasteiger partial charge in [0.05, 0.1) is 5.69 Å². The average molecular weight is 218 g/mol. The van der Waals surface area contributed by atoms with E-state index >= 15 is 0 Å². The molecule has 3 heterocycles. The summed E-state index contributed by atoms with van der Waals surface area (Å²) in [4.78, 5) is 11.7. The number of hydrogen-bond acceptors (Lipinski definition) is 4. The maximum Gasteiger partial charge on any atom is 0.137 e. The Morgan fingerprint density at radius 1 is 1.38 bits per heavy atom. The van der Waals surface area contributed by atoms with Gasteiger partial charge in [-0.15, -0.1) is 0 Å². The minimum atomic E-state index is 0.400. The first kappa shape index (κ1) is 10.0. The Labute approximate surface area is 96.1 Å². The molecule has 3 rings (SSSR count). The molecular formula is C12H18N4. The fourth-order valence-corrected chi connectivity index (χ4v) is 2.41. The number of fused-ring (bicyclic) bond motifs is 1. The summed E-state index contributed by atoms with van der Waals surface area (Å²) in [7, 11) is 0. The molecule has 1 unspecified atom stereocenters. The van der Waals surface area contributed by atoms with Crippen LogP contribution in [0.4, 0.5) is 5.82 Å². The molecule has 0 aliphatic carbocycles. The van der Waals surface area contributed by atoms with E-state index in [0.29, 0.717) is 6.04 Å². The van der Waals surface area contributed by atoms with Gasteiger partial charge < -0.3 is 10.2 Å². The molecule has 0 amide bonds. The number of rotatable bonds is 2. The van der Waals surface area contributed by atoms with Gasteiger partial charge in [-0.05, 0) is 13.3 Å². The smallest absolute Gasteiger partial charge is 0.137 e. The Morgan fingerprint density at radius 3 is 2.81 bits per heavy atom. The van der Waals surface area contributed by atoms with Crippen LogP contribution in [-0.4, -0.2) is 23.1 Å². The van der Waals surface area contributed by atoms with Crippen molar-refractivity contribution in [2.45, 2.75) is 39.3 Å². The highest BCUT2D eigenvalue weighted by molar-refractivity contribution is 5.54. The van der Waals surface area contributed by atoms with Gasteiger partial charge in [-0.1, -0.05) is 6.92 Å². The quantitative estimate of drug-likeness (QED) is 0.815. The summed E-state index contributed by atoms with van der Waals surface area (Å²) in [6.45, 7) is 7.52. The first-order valence-corrected chi connectivity index (χ1v) is 6.17. The first-order chi connectivity index (χ1) is 7.79. The van der Waals surface area contributed by atoms with Crippen molar-refractivity contribution in [3.8, 4) is 0 Å². The minimum absolute atomic E-state index is 0.400. The SMILES string of the molecule is CCc1nc2c(c(N3CCC3)n1)C(C)NC2. The third-order valence-electron chi connectivity index (χ3n) is 3.53. The molecule has 1 saturated heterocycles. The molecule has 0 spiro atoms. The van der Waals surface area contributed by atoms with Crippen molar-refractivity contribution in [3.63, 3.8) is 0 Å². The molecule has 2 aliphatic heterocycles. The van der Waals surface area contributed by atoms with Crippen LogP contribution in [0.25, 0.3) is 0 Å². The zero-order valence-electron chi connectivity index (χ0n) is 9.95. The number of aromatic nitrogens is 2.